The topological polar surface area (TPSA) is 77.1 Å². The summed E-state index contributed by atoms with van der Waals surface area (Å²) in [7, 11) is 4.20. The minimum atomic E-state index is -5.02. The molecule has 1 aliphatic heterocycles. The number of alkyl halides is 3. The van der Waals surface area contributed by atoms with E-state index in [2.05, 4.69) is 5.32 Å². The van der Waals surface area contributed by atoms with Gasteiger partial charge in [0.25, 0.3) is 0 Å². The number of rotatable bonds is 5. The van der Waals surface area contributed by atoms with Crippen LogP contribution in [0, 0.1) is 0 Å². The van der Waals surface area contributed by atoms with Crippen molar-refractivity contribution in [3.8, 4) is 17.2 Å². The maximum absolute atomic E-state index is 12.7. The molecule has 0 spiro atoms. The van der Waals surface area contributed by atoms with Crippen molar-refractivity contribution in [1.82, 2.24) is 4.90 Å². The lowest BCUT2D eigenvalue weighted by Crippen LogP contribution is -2.48. The highest BCUT2D eigenvalue weighted by atomic mass is 19.4. The molecule has 10 heteroatoms. The van der Waals surface area contributed by atoms with Crippen LogP contribution < -0.4 is 19.5 Å². The normalized spacial score (nSPS) is 17.0. The number of ether oxygens (including phenoxy) is 3. The maximum Gasteiger partial charge on any atom is 0.471 e. The fourth-order valence-corrected chi connectivity index (χ4v) is 2.82. The molecule has 0 radical (unpaired) electrons. The van der Waals surface area contributed by atoms with E-state index < -0.39 is 24.0 Å². The first-order valence-corrected chi connectivity index (χ1v) is 7.71. The number of carbonyl (C=O) groups is 2. The predicted molar refractivity (Wildman–Crippen MR) is 85.5 cm³/mol. The molecule has 2 rings (SSSR count). The van der Waals surface area contributed by atoms with Gasteiger partial charge in [0, 0.05) is 24.4 Å². The molecule has 0 aliphatic carbocycles. The highest BCUT2D eigenvalue weighted by Gasteiger charge is 2.47. The van der Waals surface area contributed by atoms with Crippen LogP contribution in [0.1, 0.15) is 12.8 Å². The van der Waals surface area contributed by atoms with E-state index in [4.69, 9.17) is 14.2 Å². The second-order valence-corrected chi connectivity index (χ2v) is 5.56. The third-order valence-electron chi connectivity index (χ3n) is 3.99. The SMILES string of the molecule is COc1cc(NC(=O)C2CCCN2C(=O)C(F)(F)F)cc(OC)c1OC. The van der Waals surface area contributed by atoms with Crippen molar-refractivity contribution in [2.45, 2.75) is 25.1 Å². The first-order valence-electron chi connectivity index (χ1n) is 7.71. The Morgan fingerprint density at radius 3 is 2.15 bits per heavy atom. The number of halogens is 3. The summed E-state index contributed by atoms with van der Waals surface area (Å²) < 4.78 is 53.5. The molecule has 1 fully saturated rings. The van der Waals surface area contributed by atoms with Crippen LogP contribution in [0.2, 0.25) is 0 Å². The van der Waals surface area contributed by atoms with Crippen molar-refractivity contribution in [3.63, 3.8) is 0 Å². The van der Waals surface area contributed by atoms with Gasteiger partial charge < -0.3 is 24.4 Å². The van der Waals surface area contributed by atoms with Crippen molar-refractivity contribution in [2.24, 2.45) is 0 Å². The summed E-state index contributed by atoms with van der Waals surface area (Å²) in [4.78, 5) is 24.5. The predicted octanol–water partition coefficient (Wildman–Crippen LogP) is 2.20. The van der Waals surface area contributed by atoms with E-state index in [0.29, 0.717) is 17.1 Å². The molecule has 1 atom stereocenters. The Kier molecular flexibility index (Phi) is 5.83. The maximum atomic E-state index is 12.7. The molecule has 1 aromatic carbocycles. The van der Waals surface area contributed by atoms with E-state index in [9.17, 15) is 22.8 Å². The Morgan fingerprint density at radius 1 is 1.12 bits per heavy atom. The molecule has 1 saturated heterocycles. The molecular weight excluding hydrogens is 357 g/mol. The fraction of sp³-hybridized carbons (Fsp3) is 0.500. The molecule has 1 heterocycles. The lowest BCUT2D eigenvalue weighted by Gasteiger charge is -2.25. The minimum absolute atomic E-state index is 0.119. The highest BCUT2D eigenvalue weighted by molar-refractivity contribution is 5.98. The Hall–Kier alpha value is -2.65. The van der Waals surface area contributed by atoms with Gasteiger partial charge in [-0.1, -0.05) is 0 Å². The van der Waals surface area contributed by atoms with Gasteiger partial charge >= 0.3 is 12.1 Å². The number of hydrogen-bond acceptors (Lipinski definition) is 5. The summed E-state index contributed by atoms with van der Waals surface area (Å²) in [5.41, 5.74) is 0.246. The van der Waals surface area contributed by atoms with Crippen LogP contribution in [-0.2, 0) is 9.59 Å². The molecule has 1 aromatic rings. The summed E-state index contributed by atoms with van der Waals surface area (Å²) in [6.45, 7) is -0.119. The number of nitrogens with zero attached hydrogens (tertiary/aromatic N) is 1. The Labute approximate surface area is 148 Å². The van der Waals surface area contributed by atoms with Crippen molar-refractivity contribution >= 4 is 17.5 Å². The molecule has 144 valence electrons. The third-order valence-corrected chi connectivity index (χ3v) is 3.99. The summed E-state index contributed by atoms with van der Waals surface area (Å²) in [5, 5.41) is 2.51. The zero-order valence-electron chi connectivity index (χ0n) is 14.5. The van der Waals surface area contributed by atoms with Crippen LogP contribution >= 0.6 is 0 Å². The van der Waals surface area contributed by atoms with Crippen molar-refractivity contribution < 1.29 is 37.0 Å². The largest absolute Gasteiger partial charge is 0.493 e. The number of nitrogens with one attached hydrogen (secondary N) is 1. The van der Waals surface area contributed by atoms with Gasteiger partial charge in [-0.05, 0) is 12.8 Å². The summed E-state index contributed by atoms with van der Waals surface area (Å²) in [6.07, 6.45) is -4.55. The number of anilines is 1. The van der Waals surface area contributed by atoms with Gasteiger partial charge in [0.05, 0.1) is 21.3 Å². The van der Waals surface area contributed by atoms with Gasteiger partial charge in [0.15, 0.2) is 11.5 Å². The van der Waals surface area contributed by atoms with E-state index in [1.54, 1.807) is 0 Å². The molecule has 0 aromatic heterocycles. The molecule has 1 unspecified atom stereocenters. The van der Waals surface area contributed by atoms with E-state index in [0.717, 1.165) is 0 Å². The van der Waals surface area contributed by atoms with Crippen LogP contribution in [0.25, 0.3) is 0 Å². The quantitative estimate of drug-likeness (QED) is 0.853. The van der Waals surface area contributed by atoms with Crippen molar-refractivity contribution in [1.29, 1.82) is 0 Å². The minimum Gasteiger partial charge on any atom is -0.493 e. The van der Waals surface area contributed by atoms with Gasteiger partial charge in [-0.3, -0.25) is 9.59 Å². The van der Waals surface area contributed by atoms with E-state index in [-0.39, 0.29) is 30.2 Å². The van der Waals surface area contributed by atoms with Crippen molar-refractivity contribution in [2.75, 3.05) is 33.2 Å². The van der Waals surface area contributed by atoms with Gasteiger partial charge in [-0.25, -0.2) is 0 Å². The Bertz CT molecular complexity index is 668. The lowest BCUT2D eigenvalue weighted by molar-refractivity contribution is -0.186. The van der Waals surface area contributed by atoms with Crippen LogP contribution in [0.5, 0.6) is 17.2 Å². The van der Waals surface area contributed by atoms with E-state index in [1.807, 2.05) is 0 Å². The molecule has 2 amide bonds. The molecule has 1 N–H and O–H groups in total. The first kappa shape index (κ1) is 19.7. The number of carbonyl (C=O) groups excluding carboxylic acids is 2. The Morgan fingerprint density at radius 2 is 1.69 bits per heavy atom. The first-order chi connectivity index (χ1) is 12.2. The van der Waals surface area contributed by atoms with Crippen LogP contribution in [0.4, 0.5) is 18.9 Å². The van der Waals surface area contributed by atoms with Gasteiger partial charge in [0.2, 0.25) is 11.7 Å². The van der Waals surface area contributed by atoms with Crippen LogP contribution in [0.15, 0.2) is 12.1 Å². The van der Waals surface area contributed by atoms with E-state index in [1.165, 1.54) is 33.5 Å². The second kappa shape index (κ2) is 7.71. The molecular formula is C16H19F3N2O5. The summed E-state index contributed by atoms with van der Waals surface area (Å²) in [6, 6.07) is 1.71. The molecule has 26 heavy (non-hydrogen) atoms. The molecule has 1 aliphatic rings. The van der Waals surface area contributed by atoms with Gasteiger partial charge in [0.1, 0.15) is 6.04 Å². The second-order valence-electron chi connectivity index (χ2n) is 5.56. The molecule has 7 nitrogen and oxygen atoms in total. The Balaban J connectivity index is 2.22. The monoisotopic (exact) mass is 376 g/mol. The van der Waals surface area contributed by atoms with E-state index >= 15 is 0 Å². The lowest BCUT2D eigenvalue weighted by atomic mass is 10.2. The zero-order chi connectivity index (χ0) is 19.5. The van der Waals surface area contributed by atoms with Gasteiger partial charge in [-0.15, -0.1) is 0 Å². The van der Waals surface area contributed by atoms with Gasteiger partial charge in [-0.2, -0.15) is 13.2 Å². The summed E-state index contributed by atoms with van der Waals surface area (Å²) in [5.74, 6) is -1.87. The van der Waals surface area contributed by atoms with Crippen LogP contribution in [0.3, 0.4) is 0 Å². The molecule has 0 bridgehead atoms. The summed E-state index contributed by atoms with van der Waals surface area (Å²) >= 11 is 0. The third kappa shape index (κ3) is 3.94. The number of likely N-dealkylation sites (tertiary alicyclic amines) is 1. The number of methoxy groups -OCH3 is 3. The zero-order valence-corrected chi connectivity index (χ0v) is 14.5. The number of amides is 2. The average Bonchev–Trinajstić information content (AvgIpc) is 3.08. The average molecular weight is 376 g/mol. The van der Waals surface area contributed by atoms with Crippen LogP contribution in [-0.4, -0.2) is 56.8 Å². The van der Waals surface area contributed by atoms with Crippen molar-refractivity contribution in [3.05, 3.63) is 12.1 Å². The molecule has 0 saturated carbocycles. The fourth-order valence-electron chi connectivity index (χ4n) is 2.82. The number of hydrogen-bond donors (Lipinski definition) is 1. The standard InChI is InChI=1S/C16H19F3N2O5/c1-24-11-7-9(8-12(25-2)13(11)26-3)20-14(22)10-5-4-6-21(10)15(23)16(17,18)19/h7-8,10H,4-6H2,1-3H3,(H,20,22). The highest BCUT2D eigenvalue weighted by Crippen LogP contribution is 2.40. The smallest absolute Gasteiger partial charge is 0.471 e. The number of benzene rings is 1.